The molecule has 2 N–H and O–H groups in total. The number of nitrogens with one attached hydrogen (secondary N) is 2. The Morgan fingerprint density at radius 2 is 2.09 bits per heavy atom. The molecule has 0 aliphatic carbocycles. The van der Waals surface area contributed by atoms with Gasteiger partial charge in [-0.15, -0.1) is 0 Å². The number of methoxy groups -OCH3 is 1. The Kier molecular flexibility index (Phi) is 5.70. The molecule has 0 spiro atoms. The van der Waals surface area contributed by atoms with Crippen molar-refractivity contribution in [3.63, 3.8) is 0 Å². The third kappa shape index (κ3) is 5.02. The highest BCUT2D eigenvalue weighted by Gasteiger charge is 2.42. The number of carbonyl (C=O) groups is 1. The Morgan fingerprint density at radius 3 is 2.61 bits per heavy atom. The molecule has 1 heterocycles. The van der Waals surface area contributed by atoms with Crippen LogP contribution in [0.2, 0.25) is 0 Å². The van der Waals surface area contributed by atoms with Gasteiger partial charge in [0.25, 0.3) is 0 Å². The summed E-state index contributed by atoms with van der Waals surface area (Å²) >= 11 is 0. The van der Waals surface area contributed by atoms with E-state index in [1.54, 1.807) is 0 Å². The van der Waals surface area contributed by atoms with Gasteiger partial charge in [0, 0.05) is 13.2 Å². The predicted molar refractivity (Wildman–Crippen MR) is 77.3 cm³/mol. The average molecular weight is 332 g/mol. The highest BCUT2D eigenvalue weighted by molar-refractivity contribution is 5.74. The van der Waals surface area contributed by atoms with E-state index in [9.17, 15) is 18.0 Å². The first-order valence-electron chi connectivity index (χ1n) is 7.27. The van der Waals surface area contributed by atoms with Crippen molar-refractivity contribution in [2.24, 2.45) is 0 Å². The van der Waals surface area contributed by atoms with Crippen LogP contribution in [-0.2, 0) is 4.74 Å². The lowest BCUT2D eigenvalue weighted by Crippen LogP contribution is -2.45. The molecule has 1 aliphatic rings. The lowest BCUT2D eigenvalue weighted by molar-refractivity contribution is -0.154. The normalized spacial score (nSPS) is 19.2. The number of urea groups is 1. The van der Waals surface area contributed by atoms with Crippen LogP contribution in [0, 0.1) is 0 Å². The Bertz CT molecular complexity index is 514. The van der Waals surface area contributed by atoms with Crippen LogP contribution in [0.15, 0.2) is 24.3 Å². The Balaban J connectivity index is 1.98. The van der Waals surface area contributed by atoms with Crippen molar-refractivity contribution in [2.45, 2.75) is 31.2 Å². The van der Waals surface area contributed by atoms with E-state index in [-0.39, 0.29) is 18.2 Å². The summed E-state index contributed by atoms with van der Waals surface area (Å²) in [7, 11) is 1.42. The first-order valence-corrected chi connectivity index (χ1v) is 7.27. The smallest absolute Gasteiger partial charge is 0.412 e. The molecular formula is C15H19F3N2O3. The van der Waals surface area contributed by atoms with Crippen LogP contribution in [0.3, 0.4) is 0 Å². The summed E-state index contributed by atoms with van der Waals surface area (Å²) < 4.78 is 49.8. The molecule has 2 amide bonds. The van der Waals surface area contributed by atoms with Crippen molar-refractivity contribution >= 4 is 6.03 Å². The minimum Gasteiger partial charge on any atom is -0.497 e. The summed E-state index contributed by atoms with van der Waals surface area (Å²) in [4.78, 5) is 11.8. The van der Waals surface area contributed by atoms with Gasteiger partial charge in [0.1, 0.15) is 5.75 Å². The van der Waals surface area contributed by atoms with E-state index in [2.05, 4.69) is 5.32 Å². The number of hydrogen-bond donors (Lipinski definition) is 2. The molecule has 1 fully saturated rings. The van der Waals surface area contributed by atoms with Crippen LogP contribution >= 0.6 is 0 Å². The van der Waals surface area contributed by atoms with Crippen molar-refractivity contribution in [1.82, 2.24) is 10.6 Å². The Morgan fingerprint density at radius 1 is 1.39 bits per heavy atom. The van der Waals surface area contributed by atoms with E-state index in [0.717, 1.165) is 12.8 Å². The molecule has 2 rings (SSSR count). The van der Waals surface area contributed by atoms with Crippen LogP contribution in [0.25, 0.3) is 0 Å². The van der Waals surface area contributed by atoms with E-state index in [0.29, 0.717) is 12.4 Å². The van der Waals surface area contributed by atoms with Crippen molar-refractivity contribution in [3.05, 3.63) is 29.8 Å². The third-order valence-corrected chi connectivity index (χ3v) is 3.57. The maximum absolute atomic E-state index is 13.2. The summed E-state index contributed by atoms with van der Waals surface area (Å²) in [5.41, 5.74) is -0.0643. The zero-order chi connectivity index (χ0) is 16.9. The number of halogens is 3. The molecule has 23 heavy (non-hydrogen) atoms. The van der Waals surface area contributed by atoms with Gasteiger partial charge in [0.15, 0.2) is 6.04 Å². The molecule has 8 heteroatoms. The third-order valence-electron chi connectivity index (χ3n) is 3.57. The van der Waals surface area contributed by atoms with Crippen LogP contribution in [0.5, 0.6) is 5.75 Å². The van der Waals surface area contributed by atoms with Gasteiger partial charge >= 0.3 is 12.2 Å². The topological polar surface area (TPSA) is 59.6 Å². The summed E-state index contributed by atoms with van der Waals surface area (Å²) in [6.45, 7) is 0.810. The van der Waals surface area contributed by atoms with Crippen LogP contribution in [0.1, 0.15) is 24.4 Å². The largest absolute Gasteiger partial charge is 0.497 e. The molecule has 1 aromatic carbocycles. The molecule has 2 atom stereocenters. The van der Waals surface area contributed by atoms with Gasteiger partial charge in [-0.1, -0.05) is 12.1 Å². The first kappa shape index (κ1) is 17.4. The first-order chi connectivity index (χ1) is 10.9. The van der Waals surface area contributed by atoms with E-state index in [4.69, 9.17) is 9.47 Å². The molecule has 1 aliphatic heterocycles. The zero-order valence-electron chi connectivity index (χ0n) is 12.7. The van der Waals surface area contributed by atoms with Crippen molar-refractivity contribution in [1.29, 1.82) is 0 Å². The van der Waals surface area contributed by atoms with Crippen molar-refractivity contribution < 1.29 is 27.4 Å². The lowest BCUT2D eigenvalue weighted by Gasteiger charge is -2.23. The average Bonchev–Trinajstić information content (AvgIpc) is 3.03. The van der Waals surface area contributed by atoms with Gasteiger partial charge in [0.05, 0.1) is 13.2 Å². The second-order valence-corrected chi connectivity index (χ2v) is 5.24. The molecule has 0 saturated carbocycles. The highest BCUT2D eigenvalue weighted by Crippen LogP contribution is 2.33. The number of rotatable bonds is 5. The van der Waals surface area contributed by atoms with E-state index >= 15 is 0 Å². The lowest BCUT2D eigenvalue weighted by atomic mass is 10.1. The molecule has 0 radical (unpaired) electrons. The zero-order valence-corrected chi connectivity index (χ0v) is 12.7. The quantitative estimate of drug-likeness (QED) is 0.872. The molecule has 0 unspecified atom stereocenters. The molecule has 0 bridgehead atoms. The van der Waals surface area contributed by atoms with Gasteiger partial charge in [-0.05, 0) is 30.5 Å². The molecular weight excluding hydrogens is 313 g/mol. The maximum atomic E-state index is 13.2. The minimum atomic E-state index is -4.60. The fourth-order valence-electron chi connectivity index (χ4n) is 2.34. The van der Waals surface area contributed by atoms with Crippen LogP contribution in [-0.4, -0.2) is 38.6 Å². The Hall–Kier alpha value is -1.96. The number of ether oxygens (including phenoxy) is 2. The number of amides is 2. The Labute approximate surface area is 132 Å². The van der Waals surface area contributed by atoms with Gasteiger partial charge < -0.3 is 20.1 Å². The monoisotopic (exact) mass is 332 g/mol. The van der Waals surface area contributed by atoms with E-state index in [1.807, 2.05) is 5.32 Å². The fraction of sp³-hybridized carbons (Fsp3) is 0.533. The highest BCUT2D eigenvalue weighted by atomic mass is 19.4. The van der Waals surface area contributed by atoms with E-state index in [1.165, 1.54) is 31.4 Å². The fourth-order valence-corrected chi connectivity index (χ4v) is 2.34. The predicted octanol–water partition coefficient (Wildman–Crippen LogP) is 2.78. The van der Waals surface area contributed by atoms with Gasteiger partial charge in [-0.3, -0.25) is 0 Å². The van der Waals surface area contributed by atoms with Gasteiger partial charge in [0.2, 0.25) is 0 Å². The number of benzene rings is 1. The van der Waals surface area contributed by atoms with Crippen LogP contribution in [0.4, 0.5) is 18.0 Å². The van der Waals surface area contributed by atoms with E-state index < -0.39 is 18.2 Å². The number of alkyl halides is 3. The van der Waals surface area contributed by atoms with Crippen molar-refractivity contribution in [3.8, 4) is 5.75 Å². The maximum Gasteiger partial charge on any atom is 0.412 e. The van der Waals surface area contributed by atoms with Crippen molar-refractivity contribution in [2.75, 3.05) is 20.3 Å². The summed E-state index contributed by atoms with van der Waals surface area (Å²) in [5.74, 6) is 0.442. The SMILES string of the molecule is COc1ccc([C@@H](NC(=O)NC[C@@H]2CCCO2)C(F)(F)F)cc1. The molecule has 128 valence electrons. The molecule has 1 aromatic rings. The summed E-state index contributed by atoms with van der Waals surface area (Å²) in [5, 5.41) is 4.38. The molecule has 1 saturated heterocycles. The summed E-state index contributed by atoms with van der Waals surface area (Å²) in [6.07, 6.45) is -3.05. The second-order valence-electron chi connectivity index (χ2n) is 5.24. The second kappa shape index (κ2) is 7.54. The minimum absolute atomic E-state index is 0.0643. The number of carbonyl (C=O) groups excluding carboxylic acids is 1. The standard InChI is InChI=1S/C15H19F3N2O3/c1-22-11-6-4-10(5-7-11)13(15(16,17)18)20-14(21)19-9-12-3-2-8-23-12/h4-7,12-13H,2-3,8-9H2,1H3,(H2,19,20,21)/t12-,13+/m0/s1. The summed E-state index contributed by atoms with van der Waals surface area (Å²) in [6, 6.07) is 2.42. The molecule has 0 aromatic heterocycles. The number of hydrogen-bond acceptors (Lipinski definition) is 3. The van der Waals surface area contributed by atoms with Gasteiger partial charge in [-0.2, -0.15) is 13.2 Å². The van der Waals surface area contributed by atoms with Crippen LogP contribution < -0.4 is 15.4 Å². The van der Waals surface area contributed by atoms with Gasteiger partial charge in [-0.25, -0.2) is 4.79 Å². The molecule has 5 nitrogen and oxygen atoms in total.